The van der Waals surface area contributed by atoms with Crippen molar-refractivity contribution in [2.45, 2.75) is 50.0 Å². The molecule has 0 fully saturated rings. The second-order valence-corrected chi connectivity index (χ2v) is 8.33. The summed E-state index contributed by atoms with van der Waals surface area (Å²) >= 11 is 2.97. The van der Waals surface area contributed by atoms with Crippen LogP contribution in [0, 0.1) is 0 Å². The fourth-order valence-corrected chi connectivity index (χ4v) is 4.53. The van der Waals surface area contributed by atoms with Gasteiger partial charge in [0.05, 0.1) is 5.56 Å². The number of fused-ring (bicyclic) bond motifs is 1. The quantitative estimate of drug-likeness (QED) is 0.335. The van der Waals surface area contributed by atoms with Gasteiger partial charge in [-0.3, -0.25) is 10.1 Å². The molecule has 1 aliphatic heterocycles. The van der Waals surface area contributed by atoms with Crippen LogP contribution in [0.1, 0.15) is 48.2 Å². The Morgan fingerprint density at radius 3 is 3.00 bits per heavy atom. The zero-order chi connectivity index (χ0) is 18.5. The van der Waals surface area contributed by atoms with Crippen LogP contribution in [0.3, 0.4) is 0 Å². The number of hydrogen-bond donors (Lipinski definition) is 1. The molecule has 1 unspecified atom stereocenters. The first kappa shape index (κ1) is 18.8. The molecule has 0 spiro atoms. The van der Waals surface area contributed by atoms with Crippen molar-refractivity contribution in [1.29, 1.82) is 0 Å². The molecule has 1 amide bonds. The Hall–Kier alpha value is -1.93. The molecule has 6 nitrogen and oxygen atoms in total. The summed E-state index contributed by atoms with van der Waals surface area (Å²) in [6, 6.07) is 5.66. The smallest absolute Gasteiger partial charge is 0.339 e. The summed E-state index contributed by atoms with van der Waals surface area (Å²) in [7, 11) is 0. The average molecular weight is 392 g/mol. The van der Waals surface area contributed by atoms with Gasteiger partial charge >= 0.3 is 5.97 Å². The van der Waals surface area contributed by atoms with Gasteiger partial charge in [0.15, 0.2) is 10.4 Å². The average Bonchev–Trinajstić information content (AvgIpc) is 3.08. The highest BCUT2D eigenvalue weighted by molar-refractivity contribution is 8.01. The molecule has 0 radical (unpaired) electrons. The Labute approximate surface area is 160 Å². The molecular formula is C18H21N3O3S2. The number of nitrogens with zero attached hydrogens (tertiary/aromatic N) is 2. The molecule has 8 heteroatoms. The molecule has 0 aliphatic carbocycles. The second kappa shape index (κ2) is 8.64. The lowest BCUT2D eigenvalue weighted by atomic mass is 9.95. The standard InChI is InChI=1S/C18H21N3O3S2/c1-3-5-8-25-18-21-20-17(26-18)19-15(22)14-10-12-9-11(4-2)6-7-13(12)16(23)24-14/h6-7,9,14H,3-5,8,10H2,1-2H3,(H,19,20,22). The van der Waals surface area contributed by atoms with E-state index in [1.54, 1.807) is 17.8 Å². The number of thioether (sulfide) groups is 1. The minimum Gasteiger partial charge on any atom is -0.448 e. The van der Waals surface area contributed by atoms with Gasteiger partial charge in [-0.2, -0.15) is 0 Å². The predicted molar refractivity (Wildman–Crippen MR) is 103 cm³/mol. The summed E-state index contributed by atoms with van der Waals surface area (Å²) in [5.41, 5.74) is 2.53. The van der Waals surface area contributed by atoms with E-state index < -0.39 is 12.1 Å². The van der Waals surface area contributed by atoms with Crippen LogP contribution in [0.25, 0.3) is 0 Å². The Morgan fingerprint density at radius 1 is 1.38 bits per heavy atom. The van der Waals surface area contributed by atoms with Crippen molar-refractivity contribution in [3.8, 4) is 0 Å². The highest BCUT2D eigenvalue weighted by Gasteiger charge is 2.31. The zero-order valence-electron chi connectivity index (χ0n) is 14.8. The van der Waals surface area contributed by atoms with Gasteiger partial charge in [0.1, 0.15) is 0 Å². The molecule has 2 aromatic rings. The van der Waals surface area contributed by atoms with E-state index in [1.807, 2.05) is 12.1 Å². The van der Waals surface area contributed by atoms with E-state index in [4.69, 9.17) is 4.74 Å². The van der Waals surface area contributed by atoms with E-state index >= 15 is 0 Å². The van der Waals surface area contributed by atoms with Crippen molar-refractivity contribution in [3.63, 3.8) is 0 Å². The number of amides is 1. The van der Waals surface area contributed by atoms with Gasteiger partial charge in [-0.05, 0) is 30.0 Å². The highest BCUT2D eigenvalue weighted by atomic mass is 32.2. The molecule has 2 heterocycles. The number of aromatic nitrogens is 2. The van der Waals surface area contributed by atoms with E-state index in [0.29, 0.717) is 17.1 Å². The highest BCUT2D eigenvalue weighted by Crippen LogP contribution is 2.27. The van der Waals surface area contributed by atoms with Gasteiger partial charge in [0, 0.05) is 12.2 Å². The molecule has 1 atom stereocenters. The van der Waals surface area contributed by atoms with Crippen molar-refractivity contribution in [2.75, 3.05) is 11.1 Å². The monoisotopic (exact) mass is 391 g/mol. The van der Waals surface area contributed by atoms with Gasteiger partial charge in [-0.25, -0.2) is 4.79 Å². The van der Waals surface area contributed by atoms with Gasteiger partial charge in [-0.15, -0.1) is 10.2 Å². The van der Waals surface area contributed by atoms with Crippen molar-refractivity contribution in [2.24, 2.45) is 0 Å². The number of rotatable bonds is 7. The first-order chi connectivity index (χ1) is 12.6. The van der Waals surface area contributed by atoms with Gasteiger partial charge < -0.3 is 4.74 Å². The molecule has 138 valence electrons. The molecule has 0 saturated carbocycles. The van der Waals surface area contributed by atoms with E-state index in [0.717, 1.165) is 40.5 Å². The van der Waals surface area contributed by atoms with Crippen molar-refractivity contribution < 1.29 is 14.3 Å². The van der Waals surface area contributed by atoms with Crippen molar-refractivity contribution >= 4 is 40.1 Å². The van der Waals surface area contributed by atoms with Crippen LogP contribution in [0.4, 0.5) is 5.13 Å². The minimum absolute atomic E-state index is 0.368. The number of nitrogens with one attached hydrogen (secondary N) is 1. The number of esters is 1. The summed E-state index contributed by atoms with van der Waals surface area (Å²) in [6.07, 6.45) is 2.65. The normalized spacial score (nSPS) is 16.1. The topological polar surface area (TPSA) is 81.2 Å². The van der Waals surface area contributed by atoms with Crippen molar-refractivity contribution in [3.05, 3.63) is 34.9 Å². The minimum atomic E-state index is -0.845. The summed E-state index contributed by atoms with van der Waals surface area (Å²) < 4.78 is 6.13. The maximum Gasteiger partial charge on any atom is 0.339 e. The second-order valence-electron chi connectivity index (χ2n) is 6.01. The molecule has 1 aliphatic rings. The molecule has 1 aromatic heterocycles. The SMILES string of the molecule is CCCCSc1nnc(NC(=O)C2Cc3cc(CC)ccc3C(=O)O2)s1. The number of aryl methyl sites for hydroxylation is 1. The van der Waals surface area contributed by atoms with Crippen LogP contribution in [0.5, 0.6) is 0 Å². The van der Waals surface area contributed by atoms with Crippen molar-refractivity contribution in [1.82, 2.24) is 10.2 Å². The van der Waals surface area contributed by atoms with E-state index in [9.17, 15) is 9.59 Å². The van der Waals surface area contributed by atoms with Crippen LogP contribution >= 0.6 is 23.1 Å². The molecule has 1 N–H and O–H groups in total. The fourth-order valence-electron chi connectivity index (χ4n) is 2.62. The molecule has 0 bridgehead atoms. The van der Waals surface area contributed by atoms with Gasteiger partial charge in [0.25, 0.3) is 5.91 Å². The third kappa shape index (κ3) is 4.42. The predicted octanol–water partition coefficient (Wildman–Crippen LogP) is 3.71. The molecule has 3 rings (SSSR count). The lowest BCUT2D eigenvalue weighted by molar-refractivity contribution is -0.125. The third-order valence-electron chi connectivity index (χ3n) is 4.10. The van der Waals surface area contributed by atoms with Crippen LogP contribution in [0.2, 0.25) is 0 Å². The fraction of sp³-hybridized carbons (Fsp3) is 0.444. The number of anilines is 1. The zero-order valence-corrected chi connectivity index (χ0v) is 16.4. The van der Waals surface area contributed by atoms with E-state index in [2.05, 4.69) is 29.4 Å². The van der Waals surface area contributed by atoms with E-state index in [-0.39, 0.29) is 5.91 Å². The number of hydrogen-bond acceptors (Lipinski definition) is 7. The number of carbonyl (C=O) groups excluding carboxylic acids is 2. The summed E-state index contributed by atoms with van der Waals surface area (Å²) in [4.78, 5) is 24.7. The Morgan fingerprint density at radius 2 is 2.23 bits per heavy atom. The summed E-state index contributed by atoms with van der Waals surface area (Å²) in [5, 5.41) is 11.2. The lowest BCUT2D eigenvalue weighted by Crippen LogP contribution is -2.38. The number of unbranched alkanes of at least 4 members (excludes halogenated alkanes) is 1. The Bertz CT molecular complexity index is 807. The molecule has 26 heavy (non-hydrogen) atoms. The van der Waals surface area contributed by atoms with Crippen LogP contribution in [0.15, 0.2) is 22.5 Å². The first-order valence-electron chi connectivity index (χ1n) is 8.70. The van der Waals surface area contributed by atoms with Gasteiger partial charge in [-0.1, -0.05) is 55.5 Å². The van der Waals surface area contributed by atoms with Gasteiger partial charge in [0.2, 0.25) is 5.13 Å². The van der Waals surface area contributed by atoms with Crippen LogP contribution in [-0.2, 0) is 22.4 Å². The lowest BCUT2D eigenvalue weighted by Gasteiger charge is -2.23. The van der Waals surface area contributed by atoms with Crippen LogP contribution in [-0.4, -0.2) is 33.9 Å². The first-order valence-corrected chi connectivity index (χ1v) is 10.5. The maximum atomic E-state index is 12.5. The summed E-state index contributed by atoms with van der Waals surface area (Å²) in [5.74, 6) is 0.157. The number of carbonyl (C=O) groups is 2. The Kier molecular flexibility index (Phi) is 6.26. The maximum absolute atomic E-state index is 12.5. The number of ether oxygens (including phenoxy) is 1. The largest absolute Gasteiger partial charge is 0.448 e. The number of benzene rings is 1. The Balaban J connectivity index is 1.64. The molecular weight excluding hydrogens is 370 g/mol. The van der Waals surface area contributed by atoms with E-state index in [1.165, 1.54) is 11.3 Å². The summed E-state index contributed by atoms with van der Waals surface area (Å²) in [6.45, 7) is 4.19. The molecule has 1 aromatic carbocycles. The molecule has 0 saturated heterocycles. The third-order valence-corrected chi connectivity index (χ3v) is 6.16. The number of cyclic esters (lactones) is 1. The van der Waals surface area contributed by atoms with Crippen LogP contribution < -0.4 is 5.32 Å².